The first-order valence-corrected chi connectivity index (χ1v) is 20.2. The number of rotatable bonds is 14. The molecule has 3 aliphatic heterocycles. The van der Waals surface area contributed by atoms with Crippen molar-refractivity contribution in [2.24, 2.45) is 0 Å². The molecular formula is C27H33NO6S7. The second-order valence-corrected chi connectivity index (χ2v) is 18.1. The summed E-state index contributed by atoms with van der Waals surface area (Å²) in [5.74, 6) is 0.875. The Morgan fingerprint density at radius 3 is 2.24 bits per heavy atom. The van der Waals surface area contributed by atoms with Crippen molar-refractivity contribution in [1.82, 2.24) is 3.97 Å². The van der Waals surface area contributed by atoms with Gasteiger partial charge in [-0.25, -0.2) is 12.4 Å². The van der Waals surface area contributed by atoms with Gasteiger partial charge in [-0.15, -0.1) is 23.5 Å². The van der Waals surface area contributed by atoms with Crippen LogP contribution in [0.25, 0.3) is 0 Å². The fraction of sp³-hybridized carbons (Fsp3) is 0.481. The van der Waals surface area contributed by atoms with Crippen molar-refractivity contribution < 1.29 is 27.4 Å². The van der Waals surface area contributed by atoms with E-state index in [0.29, 0.717) is 37.9 Å². The number of nitrogens with zero attached hydrogens (tertiary/aromatic N) is 1. The van der Waals surface area contributed by atoms with Crippen molar-refractivity contribution in [3.05, 3.63) is 59.2 Å². The van der Waals surface area contributed by atoms with Gasteiger partial charge in [0.15, 0.2) is 6.29 Å². The van der Waals surface area contributed by atoms with E-state index in [0.717, 1.165) is 40.6 Å². The third-order valence-corrected chi connectivity index (χ3v) is 16.1. The molecule has 0 saturated carbocycles. The molecule has 0 bridgehead atoms. The molecule has 14 heteroatoms. The zero-order valence-electron chi connectivity index (χ0n) is 22.9. The number of thioether (sulfide) groups is 6. The van der Waals surface area contributed by atoms with E-state index in [1.165, 1.54) is 27.3 Å². The summed E-state index contributed by atoms with van der Waals surface area (Å²) in [5.41, 5.74) is 1.03. The van der Waals surface area contributed by atoms with Crippen molar-refractivity contribution in [3.8, 4) is 0 Å². The maximum Gasteiger partial charge on any atom is 0.267 e. The molecule has 1 aromatic carbocycles. The molecule has 0 amide bonds. The lowest BCUT2D eigenvalue weighted by molar-refractivity contribution is -0.169. The smallest absolute Gasteiger partial charge is 0.267 e. The average Bonchev–Trinajstić information content (AvgIpc) is 3.68. The summed E-state index contributed by atoms with van der Waals surface area (Å²) in [5, 5.41) is 0. The second-order valence-electron chi connectivity index (χ2n) is 9.14. The van der Waals surface area contributed by atoms with Crippen LogP contribution in [0.2, 0.25) is 0 Å². The van der Waals surface area contributed by atoms with Crippen molar-refractivity contribution in [1.29, 1.82) is 0 Å². The Labute approximate surface area is 268 Å². The summed E-state index contributed by atoms with van der Waals surface area (Å²) in [6.45, 7) is 5.63. The largest absolute Gasteiger partial charge is 0.378 e. The highest BCUT2D eigenvalue weighted by molar-refractivity contribution is 8.42. The van der Waals surface area contributed by atoms with Gasteiger partial charge in [0.05, 0.1) is 54.9 Å². The van der Waals surface area contributed by atoms with Gasteiger partial charge < -0.3 is 18.9 Å². The first-order valence-electron chi connectivity index (χ1n) is 13.2. The predicted octanol–water partition coefficient (Wildman–Crippen LogP) is 7.64. The number of aromatic nitrogens is 1. The number of ether oxygens (including phenoxy) is 4. The zero-order chi connectivity index (χ0) is 28.7. The van der Waals surface area contributed by atoms with Crippen LogP contribution in [-0.2, 0) is 29.0 Å². The maximum atomic E-state index is 13.1. The van der Waals surface area contributed by atoms with Crippen LogP contribution in [-0.4, -0.2) is 70.3 Å². The molecule has 7 nitrogen and oxygen atoms in total. The molecule has 224 valence electrons. The lowest BCUT2D eigenvalue weighted by Crippen LogP contribution is -2.24. The number of hydrogen-bond donors (Lipinski definition) is 0. The van der Waals surface area contributed by atoms with E-state index in [9.17, 15) is 8.42 Å². The molecule has 0 N–H and O–H groups in total. The van der Waals surface area contributed by atoms with E-state index >= 15 is 0 Å². The minimum absolute atomic E-state index is 0.0675. The average molecular weight is 692 g/mol. The first-order chi connectivity index (χ1) is 19.9. The van der Waals surface area contributed by atoms with E-state index in [1.807, 2.05) is 30.8 Å². The Morgan fingerprint density at radius 2 is 1.56 bits per heavy atom. The van der Waals surface area contributed by atoms with Crippen LogP contribution in [0.5, 0.6) is 0 Å². The molecule has 41 heavy (non-hydrogen) atoms. The fourth-order valence-corrected chi connectivity index (χ4v) is 13.5. The fourth-order valence-electron chi connectivity index (χ4n) is 3.99. The Hall–Kier alpha value is -0.130. The molecule has 3 aliphatic rings. The molecule has 2 aromatic rings. The van der Waals surface area contributed by atoms with E-state index in [2.05, 4.69) is 6.26 Å². The van der Waals surface area contributed by atoms with Gasteiger partial charge in [0, 0.05) is 34.5 Å². The number of aryl methyl sites for hydroxylation is 1. The Kier molecular flexibility index (Phi) is 12.4. The highest BCUT2D eigenvalue weighted by Gasteiger charge is 2.31. The molecule has 1 saturated heterocycles. The number of hydrogen-bond acceptors (Lipinski definition) is 12. The van der Waals surface area contributed by atoms with Gasteiger partial charge in [-0.05, 0) is 44.6 Å². The van der Waals surface area contributed by atoms with Crippen LogP contribution in [0.3, 0.4) is 0 Å². The molecule has 1 fully saturated rings. The molecule has 0 spiro atoms. The van der Waals surface area contributed by atoms with Gasteiger partial charge in [-0.3, -0.25) is 0 Å². The molecule has 0 radical (unpaired) electrons. The SMILES string of the molecule is CSC1=C(SCCOCCOCCOC2CCCCO2)SC(=C2Sc3cn(S(=O)(=O)c4ccc(C)cc4)cc3S2)S1. The number of fused-ring (bicyclic) bond motifs is 1. The van der Waals surface area contributed by atoms with Crippen molar-refractivity contribution in [2.45, 2.75) is 47.2 Å². The minimum atomic E-state index is -3.60. The lowest BCUT2D eigenvalue weighted by atomic mass is 10.2. The molecule has 1 unspecified atom stereocenters. The van der Waals surface area contributed by atoms with Gasteiger partial charge in [0.1, 0.15) is 0 Å². The summed E-state index contributed by atoms with van der Waals surface area (Å²) >= 11 is 10.5. The van der Waals surface area contributed by atoms with Gasteiger partial charge in [-0.1, -0.05) is 64.7 Å². The third kappa shape index (κ3) is 8.74. The molecule has 5 rings (SSSR count). The quantitative estimate of drug-likeness (QED) is 0.183. The Morgan fingerprint density at radius 1 is 0.902 bits per heavy atom. The van der Waals surface area contributed by atoms with Gasteiger partial charge in [0.2, 0.25) is 0 Å². The van der Waals surface area contributed by atoms with Crippen LogP contribution in [0, 0.1) is 6.92 Å². The topological polar surface area (TPSA) is 76.0 Å². The molecule has 0 aliphatic carbocycles. The molecular weight excluding hydrogens is 659 g/mol. The van der Waals surface area contributed by atoms with E-state index in [-0.39, 0.29) is 6.29 Å². The number of benzene rings is 1. The van der Waals surface area contributed by atoms with Crippen molar-refractivity contribution in [2.75, 3.05) is 51.6 Å². The van der Waals surface area contributed by atoms with Crippen molar-refractivity contribution >= 4 is 80.6 Å². The zero-order valence-corrected chi connectivity index (χ0v) is 28.6. The van der Waals surface area contributed by atoms with Gasteiger partial charge in [0.25, 0.3) is 10.0 Å². The van der Waals surface area contributed by atoms with Gasteiger partial charge >= 0.3 is 0 Å². The second kappa shape index (κ2) is 15.7. The normalized spacial score (nSPS) is 19.4. The Balaban J connectivity index is 1.02. The lowest BCUT2D eigenvalue weighted by Gasteiger charge is -2.22. The predicted molar refractivity (Wildman–Crippen MR) is 176 cm³/mol. The summed E-state index contributed by atoms with van der Waals surface area (Å²) in [7, 11) is -3.60. The van der Waals surface area contributed by atoms with E-state index in [4.69, 9.17) is 18.9 Å². The summed E-state index contributed by atoms with van der Waals surface area (Å²) < 4.78 is 55.2. The maximum absolute atomic E-state index is 13.1. The van der Waals surface area contributed by atoms with Crippen LogP contribution < -0.4 is 0 Å². The highest BCUT2D eigenvalue weighted by Crippen LogP contribution is 2.64. The van der Waals surface area contributed by atoms with Crippen LogP contribution in [0.4, 0.5) is 0 Å². The van der Waals surface area contributed by atoms with E-state index < -0.39 is 10.0 Å². The van der Waals surface area contributed by atoms with Crippen molar-refractivity contribution in [3.63, 3.8) is 0 Å². The summed E-state index contributed by atoms with van der Waals surface area (Å²) in [4.78, 5) is 2.26. The Bertz CT molecular complexity index is 1330. The highest BCUT2D eigenvalue weighted by atomic mass is 32.3. The summed E-state index contributed by atoms with van der Waals surface area (Å²) in [6, 6.07) is 6.97. The first kappa shape index (κ1) is 32.3. The third-order valence-electron chi connectivity index (χ3n) is 6.13. The van der Waals surface area contributed by atoms with Gasteiger partial charge in [-0.2, -0.15) is 0 Å². The monoisotopic (exact) mass is 691 g/mol. The molecule has 1 aromatic heterocycles. The summed E-state index contributed by atoms with van der Waals surface area (Å²) in [6.07, 6.45) is 8.77. The molecule has 4 heterocycles. The standard InChI is InChI=1S/C27H33NO6S7/c1-19-6-8-20(9-7-19)41(29,30)28-17-21-22(18-28)38-26(37-21)27-39-24(35-2)25(40-27)36-16-15-32-12-11-31-13-14-34-23-5-3-4-10-33-23/h6-9,17-18,23H,3-5,10-16H2,1-2H3. The molecule has 1 atom stereocenters. The van der Waals surface area contributed by atoms with E-state index in [1.54, 1.807) is 83.3 Å². The minimum Gasteiger partial charge on any atom is -0.378 e. The van der Waals surface area contributed by atoms with Crippen LogP contribution >= 0.6 is 70.6 Å². The van der Waals surface area contributed by atoms with Crippen LogP contribution in [0.15, 0.2) is 68.3 Å². The van der Waals surface area contributed by atoms with Crippen LogP contribution in [0.1, 0.15) is 24.8 Å².